The number of aliphatic hydroxyl groups excluding tert-OH is 1. The lowest BCUT2D eigenvalue weighted by molar-refractivity contribution is -0.116. The first-order chi connectivity index (χ1) is 21.3. The number of hydrogen-bond donors (Lipinski definition) is 2. The molecule has 1 aliphatic heterocycles. The number of hydrogen-bond acceptors (Lipinski definition) is 9. The first-order valence-electron chi connectivity index (χ1n) is 15.6. The van der Waals surface area contributed by atoms with Crippen LogP contribution in [-0.2, 0) is 19.6 Å². The van der Waals surface area contributed by atoms with E-state index in [1.165, 1.54) is 4.31 Å². The summed E-state index contributed by atoms with van der Waals surface area (Å²) in [7, 11) is 1.76. The molecule has 2 heterocycles. The summed E-state index contributed by atoms with van der Waals surface area (Å²) in [5, 5.41) is 14.8. The quantitative estimate of drug-likeness (QED) is 0.366. The molecule has 0 fully saturated rings. The summed E-state index contributed by atoms with van der Waals surface area (Å²) < 4.78 is 40.5. The Morgan fingerprint density at radius 2 is 1.96 bits per heavy atom. The number of rotatable bonds is 11. The van der Waals surface area contributed by atoms with Crippen LogP contribution in [0.2, 0.25) is 0 Å². The second-order valence-electron chi connectivity index (χ2n) is 12.2. The highest BCUT2D eigenvalue weighted by molar-refractivity contribution is 7.91. The van der Waals surface area contributed by atoms with Crippen LogP contribution in [0.3, 0.4) is 0 Å². The molecule has 3 rings (SSSR count). The Labute approximate surface area is 272 Å². The maximum atomic E-state index is 14.3. The largest absolute Gasteiger partial charge is 0.490 e. The van der Waals surface area contributed by atoms with Gasteiger partial charge in [0.2, 0.25) is 5.91 Å². The zero-order valence-electron chi connectivity index (χ0n) is 27.4. The number of amides is 2. The first kappa shape index (κ1) is 36.9. The zero-order chi connectivity index (χ0) is 33.1. The summed E-state index contributed by atoms with van der Waals surface area (Å²) in [4.78, 5) is 30.5. The van der Waals surface area contributed by atoms with Gasteiger partial charge in [-0.25, -0.2) is 8.42 Å². The Hall–Kier alpha value is -2.55. The van der Waals surface area contributed by atoms with Crippen molar-refractivity contribution in [3.63, 3.8) is 0 Å². The van der Waals surface area contributed by atoms with Crippen LogP contribution in [0, 0.1) is 5.92 Å². The molecule has 0 saturated carbocycles. The summed E-state index contributed by atoms with van der Waals surface area (Å²) in [6.45, 7) is 6.90. The van der Waals surface area contributed by atoms with Crippen molar-refractivity contribution in [3.05, 3.63) is 41.3 Å². The average Bonchev–Trinajstić information content (AvgIpc) is 3.54. The number of anilines is 1. The third-order valence-corrected chi connectivity index (χ3v) is 11.1. The molecule has 2 N–H and O–H groups in total. The number of ether oxygens (including phenoxy) is 2. The van der Waals surface area contributed by atoms with Crippen molar-refractivity contribution in [2.45, 2.75) is 75.3 Å². The molecule has 13 heteroatoms. The van der Waals surface area contributed by atoms with E-state index in [0.717, 1.165) is 37.1 Å². The maximum absolute atomic E-state index is 14.3. The number of benzene rings is 1. The van der Waals surface area contributed by atoms with E-state index < -0.39 is 22.2 Å². The molecule has 2 aromatic rings. The molecule has 11 nitrogen and oxygen atoms in total. The summed E-state index contributed by atoms with van der Waals surface area (Å²) in [6.07, 6.45) is 2.67. The second kappa shape index (κ2) is 17.4. The van der Waals surface area contributed by atoms with Crippen molar-refractivity contribution in [3.8, 4) is 5.75 Å². The van der Waals surface area contributed by atoms with Crippen molar-refractivity contribution in [2.24, 2.45) is 5.92 Å². The molecule has 0 aliphatic carbocycles. The van der Waals surface area contributed by atoms with Crippen molar-refractivity contribution in [1.82, 2.24) is 14.1 Å². The minimum atomic E-state index is -3.70. The number of sulfonamides is 1. The van der Waals surface area contributed by atoms with Gasteiger partial charge in [-0.05, 0) is 89.8 Å². The average molecular weight is 667 g/mol. The monoisotopic (exact) mass is 666 g/mol. The molecule has 0 spiro atoms. The normalized spacial score (nSPS) is 21.2. The first-order valence-corrected chi connectivity index (χ1v) is 17.9. The Balaban J connectivity index is 1.92. The molecular weight excluding hydrogens is 617 g/mol. The molecule has 45 heavy (non-hydrogen) atoms. The van der Waals surface area contributed by atoms with Crippen molar-refractivity contribution in [1.29, 1.82) is 0 Å². The van der Waals surface area contributed by atoms with Crippen LogP contribution in [-0.4, -0.2) is 112 Å². The highest BCUT2D eigenvalue weighted by Crippen LogP contribution is 2.29. The molecule has 1 aromatic carbocycles. The van der Waals surface area contributed by atoms with Crippen LogP contribution in [0.1, 0.15) is 63.2 Å². The lowest BCUT2D eigenvalue weighted by Crippen LogP contribution is -2.48. The number of thiophene rings is 1. The number of aliphatic hydroxyl groups is 1. The molecular formula is C32H50N4O7S2. The Morgan fingerprint density at radius 3 is 2.62 bits per heavy atom. The molecule has 252 valence electrons. The lowest BCUT2D eigenvalue weighted by Gasteiger charge is -2.35. The number of likely N-dealkylation sites (N-methyl/N-ethyl adjacent to an activating group) is 1. The van der Waals surface area contributed by atoms with Crippen LogP contribution in [0.25, 0.3) is 0 Å². The van der Waals surface area contributed by atoms with Crippen LogP contribution in [0.15, 0.2) is 39.9 Å². The van der Waals surface area contributed by atoms with Crippen LogP contribution in [0.5, 0.6) is 5.75 Å². The van der Waals surface area contributed by atoms with Gasteiger partial charge < -0.3 is 29.7 Å². The molecule has 0 radical (unpaired) electrons. The third-order valence-electron chi connectivity index (χ3n) is 7.94. The number of carbonyl (C=O) groups excluding carboxylic acids is 2. The van der Waals surface area contributed by atoms with Gasteiger partial charge in [0.1, 0.15) is 9.96 Å². The van der Waals surface area contributed by atoms with Gasteiger partial charge in [0.15, 0.2) is 0 Å². The Kier molecular flexibility index (Phi) is 14.3. The molecule has 0 unspecified atom stereocenters. The molecule has 2 amide bonds. The van der Waals surface area contributed by atoms with E-state index in [1.54, 1.807) is 54.6 Å². The topological polar surface area (TPSA) is 129 Å². The number of nitrogens with zero attached hydrogens (tertiary/aromatic N) is 3. The fourth-order valence-corrected chi connectivity index (χ4v) is 7.54. The lowest BCUT2D eigenvalue weighted by atomic mass is 10.0. The van der Waals surface area contributed by atoms with E-state index in [0.29, 0.717) is 30.9 Å². The van der Waals surface area contributed by atoms with Crippen LogP contribution in [0.4, 0.5) is 5.69 Å². The summed E-state index contributed by atoms with van der Waals surface area (Å²) >= 11 is 1.16. The Morgan fingerprint density at radius 1 is 1.20 bits per heavy atom. The van der Waals surface area contributed by atoms with E-state index in [4.69, 9.17) is 9.47 Å². The molecule has 1 aromatic heterocycles. The van der Waals surface area contributed by atoms with Crippen molar-refractivity contribution < 1.29 is 32.6 Å². The van der Waals surface area contributed by atoms with E-state index in [2.05, 4.69) is 5.32 Å². The fourth-order valence-electron chi connectivity index (χ4n) is 5.16. The van der Waals surface area contributed by atoms with Gasteiger partial charge in [-0.15, -0.1) is 11.3 Å². The summed E-state index contributed by atoms with van der Waals surface area (Å²) in [5.74, 6) is -0.373. The second-order valence-corrected chi connectivity index (χ2v) is 15.4. The van der Waals surface area contributed by atoms with Gasteiger partial charge in [-0.2, -0.15) is 4.31 Å². The minimum absolute atomic E-state index is 0.108. The smallest absolute Gasteiger partial charge is 0.258 e. The van der Waals surface area contributed by atoms with Gasteiger partial charge in [0, 0.05) is 44.8 Å². The van der Waals surface area contributed by atoms with E-state index in [1.807, 2.05) is 32.8 Å². The van der Waals surface area contributed by atoms with Gasteiger partial charge >= 0.3 is 0 Å². The van der Waals surface area contributed by atoms with Gasteiger partial charge in [-0.1, -0.05) is 13.0 Å². The summed E-state index contributed by atoms with van der Waals surface area (Å²) in [6, 6.07) is 7.83. The molecule has 0 saturated heterocycles. The Bertz CT molecular complexity index is 1340. The molecule has 4 atom stereocenters. The standard InChI is InChI=1S/C32H50N4O7S2/c1-23-20-36(24(2)22-37)32(39)27-19-26(33-30(38)12-9-16-34(4)5)14-15-28(27)43-25(3)11-7-8-17-42-29(23)21-35(6)45(40,41)31-13-10-18-44-31/h10,13-15,18-19,23-25,29,37H,7-9,11-12,16-17,20-22H2,1-6H3,(H,33,38)/t23-,24-,25-,29+/m1/s1. The van der Waals surface area contributed by atoms with E-state index in [-0.39, 0.29) is 53.3 Å². The molecule has 0 bridgehead atoms. The SMILES string of the molecule is C[C@@H]1CCCCO[C@@H](CN(C)S(=O)(=O)c2cccs2)[C@H](C)CN([C@H](C)CO)C(=O)c2cc(NC(=O)CCCN(C)C)ccc2O1. The van der Waals surface area contributed by atoms with Gasteiger partial charge in [0.05, 0.1) is 30.4 Å². The number of nitrogens with one attached hydrogen (secondary N) is 1. The summed E-state index contributed by atoms with van der Waals surface area (Å²) in [5.41, 5.74) is 0.771. The molecule has 1 aliphatic rings. The van der Waals surface area contributed by atoms with Crippen LogP contribution < -0.4 is 10.1 Å². The van der Waals surface area contributed by atoms with Gasteiger partial charge in [0.25, 0.3) is 15.9 Å². The highest BCUT2D eigenvalue weighted by atomic mass is 32.2. The third kappa shape index (κ3) is 10.8. The predicted octanol–water partition coefficient (Wildman–Crippen LogP) is 4.14. The van der Waals surface area contributed by atoms with Crippen LogP contribution >= 0.6 is 11.3 Å². The number of fused-ring (bicyclic) bond motifs is 1. The van der Waals surface area contributed by atoms with E-state index in [9.17, 15) is 23.1 Å². The number of carbonyl (C=O) groups is 2. The van der Waals surface area contributed by atoms with Crippen molar-refractivity contribution >= 4 is 38.9 Å². The highest BCUT2D eigenvalue weighted by Gasteiger charge is 2.32. The maximum Gasteiger partial charge on any atom is 0.258 e. The van der Waals surface area contributed by atoms with Gasteiger partial charge in [-0.3, -0.25) is 9.59 Å². The predicted molar refractivity (Wildman–Crippen MR) is 177 cm³/mol. The van der Waals surface area contributed by atoms with Crippen molar-refractivity contribution in [2.75, 3.05) is 59.3 Å². The fraction of sp³-hybridized carbons (Fsp3) is 0.625. The van der Waals surface area contributed by atoms with E-state index >= 15 is 0 Å². The zero-order valence-corrected chi connectivity index (χ0v) is 29.0. The minimum Gasteiger partial charge on any atom is -0.490 e.